The fourth-order valence-electron chi connectivity index (χ4n) is 8.03. The molecule has 3 heterocycles. The summed E-state index contributed by atoms with van der Waals surface area (Å²) in [6.45, 7) is 0. The summed E-state index contributed by atoms with van der Waals surface area (Å²) in [5.41, 5.74) is 0.797. The van der Waals surface area contributed by atoms with Crippen LogP contribution in [0.3, 0.4) is 0 Å². The van der Waals surface area contributed by atoms with Gasteiger partial charge in [0.1, 0.15) is 0 Å². The van der Waals surface area contributed by atoms with Gasteiger partial charge in [-0.2, -0.15) is 0 Å². The minimum Gasteiger partial charge on any atom is -0.354 e. The lowest BCUT2D eigenvalue weighted by Gasteiger charge is -2.46. The Labute approximate surface area is 206 Å². The number of carbonyl (C=O) groups is 1. The van der Waals surface area contributed by atoms with E-state index in [1.54, 1.807) is 0 Å². The van der Waals surface area contributed by atoms with Gasteiger partial charge in [-0.05, 0) is 62.5 Å². The first-order valence-electron chi connectivity index (χ1n) is 13.6. The number of nitrogens with zero attached hydrogens (tertiary/aromatic N) is 3. The third-order valence-electron chi connectivity index (χ3n) is 9.39. The molecule has 2 aromatic rings. The molecule has 1 amide bonds. The molecule has 4 aliphatic rings. The highest BCUT2D eigenvalue weighted by molar-refractivity contribution is 6.43. The van der Waals surface area contributed by atoms with Gasteiger partial charge in [-0.1, -0.05) is 44.2 Å². The van der Waals surface area contributed by atoms with E-state index >= 15 is 0 Å². The summed E-state index contributed by atoms with van der Waals surface area (Å²) in [5, 5.41) is 10.8. The van der Waals surface area contributed by atoms with Gasteiger partial charge in [0.25, 0.3) is 11.5 Å². The Morgan fingerprint density at radius 3 is 2.43 bits per heavy atom. The summed E-state index contributed by atoms with van der Waals surface area (Å²) in [5.74, 6) is 1.16. The predicted molar refractivity (Wildman–Crippen MR) is 137 cm³/mol. The number of aromatic nitrogens is 2. The van der Waals surface area contributed by atoms with Crippen LogP contribution in [0.5, 0.6) is 0 Å². The van der Waals surface area contributed by atoms with E-state index in [1.165, 1.54) is 64.8 Å². The maximum absolute atomic E-state index is 13.9. The third-order valence-corrected chi connectivity index (χ3v) is 9.39. The molecule has 2 N–H and O–H groups in total. The molecule has 4 fully saturated rings. The Hall–Kier alpha value is -2.54. The van der Waals surface area contributed by atoms with Crippen LogP contribution in [0.2, 0.25) is 0 Å². The minimum atomic E-state index is -0.576. The van der Waals surface area contributed by atoms with E-state index in [0.717, 1.165) is 30.2 Å². The first-order valence-corrected chi connectivity index (χ1v) is 13.6. The highest BCUT2D eigenvalue weighted by Gasteiger charge is 2.49. The summed E-state index contributed by atoms with van der Waals surface area (Å²) in [6.07, 6.45) is 14.1. The third kappa shape index (κ3) is 3.92. The molecule has 7 nitrogen and oxygen atoms in total. The second-order valence-electron chi connectivity index (χ2n) is 11.4. The van der Waals surface area contributed by atoms with Crippen LogP contribution in [-0.2, 0) is 4.79 Å². The zero-order valence-electron chi connectivity index (χ0n) is 20.7. The molecule has 4 bridgehead atoms. The molecule has 1 aromatic carbocycles. The lowest BCUT2D eigenvalue weighted by Crippen LogP contribution is -2.51. The number of amides is 1. The number of para-hydroxylation sites is 2. The van der Waals surface area contributed by atoms with Crippen LogP contribution in [-0.4, -0.2) is 51.2 Å². The molecule has 1 aromatic heterocycles. The number of carbonyl (C=O) groups excluding carboxylic acids is 1. The van der Waals surface area contributed by atoms with Gasteiger partial charge in [0.2, 0.25) is 0 Å². The standard InChI is InChI=1S/C28H37N5O2/c1-30-27(34)25(29)26-28(35)33(22-11-5-4-10-21(22)31-26)24-16-19-9-6-12-23(24)32(19)20-14-17-7-2-3-8-18(13-17)15-20/h4-5,10-11,17-20,23-24,29H,2-3,6-9,12-16H2,1H3,(H,30,34)/t17?,18?,19-,20?,23+,24+/m0/s1. The zero-order chi connectivity index (χ0) is 24.1. The summed E-state index contributed by atoms with van der Waals surface area (Å²) in [6, 6.07) is 9.26. The summed E-state index contributed by atoms with van der Waals surface area (Å²) in [4.78, 5) is 33.5. The highest BCUT2D eigenvalue weighted by atomic mass is 16.2. The Morgan fingerprint density at radius 2 is 1.69 bits per heavy atom. The van der Waals surface area contributed by atoms with Crippen molar-refractivity contribution in [3.8, 4) is 0 Å². The minimum absolute atomic E-state index is 0.0419. The smallest absolute Gasteiger partial charge is 0.279 e. The van der Waals surface area contributed by atoms with Crippen molar-refractivity contribution in [1.29, 1.82) is 5.41 Å². The number of piperidine rings is 1. The van der Waals surface area contributed by atoms with Gasteiger partial charge in [0.05, 0.1) is 17.1 Å². The van der Waals surface area contributed by atoms with E-state index in [0.29, 0.717) is 23.6 Å². The molecular formula is C28H37N5O2. The van der Waals surface area contributed by atoms with Crippen LogP contribution < -0.4 is 10.9 Å². The molecule has 2 saturated carbocycles. The quantitative estimate of drug-likeness (QED) is 0.653. The number of hydrogen-bond acceptors (Lipinski definition) is 5. The maximum Gasteiger partial charge on any atom is 0.279 e. The van der Waals surface area contributed by atoms with E-state index in [1.807, 2.05) is 28.8 Å². The fraction of sp³-hybridized carbons (Fsp3) is 0.643. The van der Waals surface area contributed by atoms with Gasteiger partial charge in [-0.15, -0.1) is 0 Å². The molecule has 35 heavy (non-hydrogen) atoms. The molecule has 6 rings (SSSR count). The van der Waals surface area contributed by atoms with Crippen molar-refractivity contribution in [2.75, 3.05) is 7.05 Å². The van der Waals surface area contributed by atoms with Crippen molar-refractivity contribution in [2.24, 2.45) is 11.8 Å². The summed E-state index contributed by atoms with van der Waals surface area (Å²) in [7, 11) is 1.48. The second-order valence-corrected chi connectivity index (χ2v) is 11.4. The second kappa shape index (κ2) is 9.16. The van der Waals surface area contributed by atoms with E-state index in [9.17, 15) is 9.59 Å². The number of hydrogen-bond donors (Lipinski definition) is 2. The molecule has 0 radical (unpaired) electrons. The lowest BCUT2D eigenvalue weighted by molar-refractivity contribution is -0.114. The monoisotopic (exact) mass is 475 g/mol. The topological polar surface area (TPSA) is 91.1 Å². The van der Waals surface area contributed by atoms with E-state index in [2.05, 4.69) is 15.2 Å². The van der Waals surface area contributed by atoms with Gasteiger partial charge in [-0.3, -0.25) is 19.9 Å². The average Bonchev–Trinajstić information content (AvgIpc) is 2.98. The van der Waals surface area contributed by atoms with Crippen LogP contribution >= 0.6 is 0 Å². The van der Waals surface area contributed by atoms with E-state index < -0.39 is 5.91 Å². The Kier molecular flexibility index (Phi) is 5.99. The van der Waals surface area contributed by atoms with Crippen molar-refractivity contribution in [3.63, 3.8) is 0 Å². The number of fused-ring (bicyclic) bond motifs is 5. The molecule has 2 saturated heterocycles. The molecule has 186 valence electrons. The van der Waals surface area contributed by atoms with Gasteiger partial charge in [0.15, 0.2) is 11.4 Å². The molecule has 2 unspecified atom stereocenters. The first-order chi connectivity index (χ1) is 17.0. The van der Waals surface area contributed by atoms with Crippen LogP contribution in [0.4, 0.5) is 0 Å². The number of rotatable bonds is 4. The van der Waals surface area contributed by atoms with Gasteiger partial charge in [0, 0.05) is 25.2 Å². The SMILES string of the molecule is CNC(=O)C(=N)c1nc2ccccc2n([C@@H]2C[C@@H]3CCC[C@H]2N3C2CC3CCCCC(C3)C2)c1=O. The number of likely N-dealkylation sites (N-methyl/N-ethyl adjacent to an activating group) is 1. The van der Waals surface area contributed by atoms with Crippen LogP contribution in [0.25, 0.3) is 11.0 Å². The molecule has 2 aliphatic heterocycles. The fourth-order valence-corrected chi connectivity index (χ4v) is 8.03. The highest BCUT2D eigenvalue weighted by Crippen LogP contribution is 2.49. The largest absolute Gasteiger partial charge is 0.354 e. The summed E-state index contributed by atoms with van der Waals surface area (Å²) < 4.78 is 1.91. The predicted octanol–water partition coefficient (Wildman–Crippen LogP) is 4.04. The van der Waals surface area contributed by atoms with E-state index in [-0.39, 0.29) is 23.0 Å². The molecule has 0 spiro atoms. The van der Waals surface area contributed by atoms with Crippen LogP contribution in [0, 0.1) is 17.2 Å². The maximum atomic E-state index is 13.9. The van der Waals surface area contributed by atoms with Crippen LogP contribution in [0.1, 0.15) is 82.4 Å². The van der Waals surface area contributed by atoms with Crippen molar-refractivity contribution in [3.05, 3.63) is 40.3 Å². The molecule has 7 heteroatoms. The van der Waals surface area contributed by atoms with Crippen LogP contribution in [0.15, 0.2) is 29.1 Å². The average molecular weight is 476 g/mol. The van der Waals surface area contributed by atoms with Crippen molar-refractivity contribution in [2.45, 2.75) is 94.8 Å². The molecule has 2 aliphatic carbocycles. The summed E-state index contributed by atoms with van der Waals surface area (Å²) >= 11 is 0. The Morgan fingerprint density at radius 1 is 0.943 bits per heavy atom. The Balaban J connectivity index is 1.41. The normalized spacial score (nSPS) is 32.8. The first kappa shape index (κ1) is 22.9. The van der Waals surface area contributed by atoms with Gasteiger partial charge < -0.3 is 9.88 Å². The molecular weight excluding hydrogens is 438 g/mol. The van der Waals surface area contributed by atoms with Gasteiger partial charge in [-0.25, -0.2) is 4.98 Å². The number of benzene rings is 1. The number of nitrogens with one attached hydrogen (secondary N) is 2. The van der Waals surface area contributed by atoms with Gasteiger partial charge >= 0.3 is 0 Å². The lowest BCUT2D eigenvalue weighted by atomic mass is 9.76. The van der Waals surface area contributed by atoms with Crippen molar-refractivity contribution < 1.29 is 4.79 Å². The van der Waals surface area contributed by atoms with Crippen molar-refractivity contribution in [1.82, 2.24) is 19.8 Å². The molecule has 5 atom stereocenters. The zero-order valence-corrected chi connectivity index (χ0v) is 20.7. The Bertz CT molecular complexity index is 1190. The van der Waals surface area contributed by atoms with Crippen molar-refractivity contribution >= 4 is 22.7 Å². The van der Waals surface area contributed by atoms with E-state index in [4.69, 9.17) is 5.41 Å².